The van der Waals surface area contributed by atoms with Gasteiger partial charge in [-0.25, -0.2) is 9.07 Å². The van der Waals surface area contributed by atoms with E-state index < -0.39 is 94.4 Å². The number of hydrogen-bond acceptors (Lipinski definition) is 7. The number of ether oxygens (including phenoxy) is 2. The maximum Gasteiger partial charge on any atom is 0.573 e. The average Bonchev–Trinajstić information content (AvgIpc) is 3.66. The number of nitriles is 1. The van der Waals surface area contributed by atoms with Crippen LogP contribution in [-0.2, 0) is 20.0 Å². The number of halogens is 12. The van der Waals surface area contributed by atoms with E-state index in [1.165, 1.54) is 26.0 Å². The van der Waals surface area contributed by atoms with Crippen LogP contribution in [0, 0.1) is 16.7 Å². The molecular formula is C31H22Cl2F10N4O6. The van der Waals surface area contributed by atoms with Crippen molar-refractivity contribution in [3.05, 3.63) is 63.9 Å². The van der Waals surface area contributed by atoms with Crippen molar-refractivity contribution in [2.45, 2.75) is 63.0 Å². The van der Waals surface area contributed by atoms with Gasteiger partial charge < -0.3 is 14.6 Å². The number of benzene rings is 2. The highest BCUT2D eigenvalue weighted by Crippen LogP contribution is 2.55. The Morgan fingerprint density at radius 2 is 1.57 bits per heavy atom. The van der Waals surface area contributed by atoms with Gasteiger partial charge in [0.2, 0.25) is 0 Å². The van der Waals surface area contributed by atoms with Crippen molar-refractivity contribution in [1.82, 2.24) is 14.7 Å². The normalized spacial score (nSPS) is 14.7. The number of hydrogen-bond donors (Lipinski definition) is 1. The number of carboxylic acids is 1. The zero-order valence-corrected chi connectivity index (χ0v) is 28.2. The molecule has 0 saturated heterocycles. The third kappa shape index (κ3) is 8.25. The lowest BCUT2D eigenvalue weighted by Gasteiger charge is -2.31. The van der Waals surface area contributed by atoms with Crippen molar-refractivity contribution in [1.29, 1.82) is 5.26 Å². The molecule has 53 heavy (non-hydrogen) atoms. The highest BCUT2D eigenvalue weighted by Gasteiger charge is 2.73. The molecule has 10 nitrogen and oxygen atoms in total. The molecule has 1 amide bonds. The molecule has 0 atom stereocenters. The summed E-state index contributed by atoms with van der Waals surface area (Å²) in [4.78, 5) is 38.5. The Bertz CT molecular complexity index is 1970. The van der Waals surface area contributed by atoms with Crippen LogP contribution in [0.3, 0.4) is 0 Å². The summed E-state index contributed by atoms with van der Waals surface area (Å²) in [5.74, 6) is -5.05. The molecule has 2 aromatic carbocycles. The van der Waals surface area contributed by atoms with Crippen molar-refractivity contribution in [2.75, 3.05) is 6.73 Å². The summed E-state index contributed by atoms with van der Waals surface area (Å²) in [5.41, 5.74) is -12.9. The third-order valence-electron chi connectivity index (χ3n) is 7.99. The molecule has 22 heteroatoms. The predicted octanol–water partition coefficient (Wildman–Crippen LogP) is 8.53. The van der Waals surface area contributed by atoms with E-state index in [4.69, 9.17) is 27.9 Å². The molecule has 1 heterocycles. The van der Waals surface area contributed by atoms with Gasteiger partial charge in [-0.15, -0.1) is 13.2 Å². The monoisotopic (exact) mass is 806 g/mol. The van der Waals surface area contributed by atoms with Crippen molar-refractivity contribution in [3.8, 4) is 28.6 Å². The van der Waals surface area contributed by atoms with Crippen LogP contribution in [0.2, 0.25) is 10.0 Å². The van der Waals surface area contributed by atoms with Gasteiger partial charge in [0.05, 0.1) is 39.7 Å². The van der Waals surface area contributed by atoms with E-state index in [0.717, 1.165) is 23.4 Å². The summed E-state index contributed by atoms with van der Waals surface area (Å²) in [6.45, 7) is 1.72. The molecule has 3 aromatic rings. The number of carboxylic acid groups (broad SMARTS) is 1. The van der Waals surface area contributed by atoms with E-state index in [-0.39, 0.29) is 40.6 Å². The van der Waals surface area contributed by atoms with E-state index in [2.05, 4.69) is 9.84 Å². The first-order valence-electron chi connectivity index (χ1n) is 14.6. The molecular weight excluding hydrogens is 785 g/mol. The standard InChI is InChI=1S/C31H22Cl2F10N4O6/c1-26(2,25(50)51)10-22(48)52-14-46(27(13-44)5-6-27)24(49)18-7-15(3-4-19(18)32)16-11-45-47(12-16)23-20(33)8-17(9-21(23)53-31(41,42)43)28(34,29(35,36)37)30(38,39)40/h3-4,7-9,11-12H,5-6,10,14H2,1-2H3,(H,50,51). The minimum atomic E-state index is -6.70. The number of nitrogens with zero attached hydrogens (tertiary/aromatic N) is 4. The summed E-state index contributed by atoms with van der Waals surface area (Å²) in [5, 5.41) is 21.4. The highest BCUT2D eigenvalue weighted by atomic mass is 35.5. The van der Waals surface area contributed by atoms with Gasteiger partial charge in [0, 0.05) is 17.3 Å². The lowest BCUT2D eigenvalue weighted by Crippen LogP contribution is -2.50. The Morgan fingerprint density at radius 3 is 2.08 bits per heavy atom. The maximum absolute atomic E-state index is 14.8. The van der Waals surface area contributed by atoms with Gasteiger partial charge in [0.25, 0.3) is 5.91 Å². The van der Waals surface area contributed by atoms with Gasteiger partial charge >= 0.3 is 36.3 Å². The van der Waals surface area contributed by atoms with Crippen LogP contribution in [0.15, 0.2) is 42.7 Å². The quantitative estimate of drug-likeness (QED) is 0.116. The number of aromatic nitrogens is 2. The molecule has 0 bridgehead atoms. The molecule has 1 N–H and O–H groups in total. The van der Waals surface area contributed by atoms with Crippen LogP contribution in [0.1, 0.15) is 49.0 Å². The maximum atomic E-state index is 14.8. The lowest BCUT2D eigenvalue weighted by molar-refractivity contribution is -0.348. The fourth-order valence-corrected chi connectivity index (χ4v) is 5.35. The largest absolute Gasteiger partial charge is 0.573 e. The SMILES string of the molecule is CC(C)(CC(=O)OCN(C(=O)c1cc(-c2cnn(-c3c(Cl)cc(C(F)(C(F)(F)F)C(F)(F)F)cc3OC(F)(F)F)c2)ccc1Cl)C1(C#N)CC1)C(=O)O. The average molecular weight is 807 g/mol. The minimum absolute atomic E-state index is 0.0360. The summed E-state index contributed by atoms with van der Waals surface area (Å²) in [6.07, 6.45) is -17.6. The van der Waals surface area contributed by atoms with Gasteiger partial charge in [-0.2, -0.15) is 36.7 Å². The number of carbonyl (C=O) groups is 3. The molecule has 1 aromatic heterocycles. The predicted molar refractivity (Wildman–Crippen MR) is 161 cm³/mol. The van der Waals surface area contributed by atoms with Crippen molar-refractivity contribution < 1.29 is 72.9 Å². The molecule has 0 aliphatic heterocycles. The van der Waals surface area contributed by atoms with E-state index in [1.54, 1.807) is 0 Å². The Kier molecular flexibility index (Phi) is 10.7. The fraction of sp³-hybridized carbons (Fsp3) is 0.387. The minimum Gasteiger partial charge on any atom is -0.481 e. The number of carbonyl (C=O) groups excluding carboxylic acids is 2. The Morgan fingerprint density at radius 1 is 0.962 bits per heavy atom. The first-order valence-corrected chi connectivity index (χ1v) is 15.3. The van der Waals surface area contributed by atoms with Gasteiger partial charge in [0.15, 0.2) is 12.5 Å². The van der Waals surface area contributed by atoms with Crippen molar-refractivity contribution >= 4 is 41.0 Å². The Hall–Kier alpha value is -4.77. The van der Waals surface area contributed by atoms with Gasteiger partial charge in [0.1, 0.15) is 11.2 Å². The second-order valence-corrected chi connectivity index (χ2v) is 13.1. The van der Waals surface area contributed by atoms with Crippen LogP contribution in [0.25, 0.3) is 16.8 Å². The second kappa shape index (κ2) is 13.9. The van der Waals surface area contributed by atoms with Crippen LogP contribution >= 0.6 is 23.2 Å². The Labute approximate surface area is 301 Å². The first kappa shape index (κ1) is 41.0. The fourth-order valence-electron chi connectivity index (χ4n) is 4.85. The van der Waals surface area contributed by atoms with Gasteiger partial charge in [-0.1, -0.05) is 29.3 Å². The molecule has 1 fully saturated rings. The van der Waals surface area contributed by atoms with Crippen molar-refractivity contribution in [2.24, 2.45) is 5.41 Å². The summed E-state index contributed by atoms with van der Waals surface area (Å²) in [7, 11) is 0. The molecule has 1 aliphatic rings. The number of amides is 1. The molecule has 4 rings (SSSR count). The molecule has 1 saturated carbocycles. The molecule has 286 valence electrons. The number of esters is 1. The summed E-state index contributed by atoms with van der Waals surface area (Å²) < 4.78 is 144. The number of rotatable bonds is 11. The summed E-state index contributed by atoms with van der Waals surface area (Å²) in [6, 6.07) is 4.88. The van der Waals surface area contributed by atoms with E-state index in [0.29, 0.717) is 4.68 Å². The van der Waals surface area contributed by atoms with Crippen LogP contribution in [0.4, 0.5) is 43.9 Å². The van der Waals surface area contributed by atoms with E-state index in [9.17, 15) is 68.7 Å². The van der Waals surface area contributed by atoms with Crippen LogP contribution < -0.4 is 4.74 Å². The molecule has 1 aliphatic carbocycles. The number of alkyl halides is 10. The highest BCUT2D eigenvalue weighted by molar-refractivity contribution is 6.34. The van der Waals surface area contributed by atoms with Crippen LogP contribution in [0.5, 0.6) is 5.75 Å². The van der Waals surface area contributed by atoms with E-state index >= 15 is 0 Å². The van der Waals surface area contributed by atoms with Gasteiger partial charge in [-0.3, -0.25) is 19.3 Å². The molecule has 0 spiro atoms. The van der Waals surface area contributed by atoms with Crippen LogP contribution in [-0.4, -0.2) is 68.6 Å². The zero-order chi connectivity index (χ0) is 40.1. The van der Waals surface area contributed by atoms with E-state index in [1.807, 2.05) is 6.07 Å². The number of aliphatic carboxylic acids is 1. The third-order valence-corrected chi connectivity index (χ3v) is 8.61. The van der Waals surface area contributed by atoms with Gasteiger partial charge in [-0.05, 0) is 56.5 Å². The Balaban J connectivity index is 1.74. The van der Waals surface area contributed by atoms with Crippen molar-refractivity contribution in [3.63, 3.8) is 0 Å². The topological polar surface area (TPSA) is 135 Å². The molecule has 0 radical (unpaired) electrons. The first-order chi connectivity index (χ1) is 24.2. The lowest BCUT2D eigenvalue weighted by atomic mass is 9.90. The second-order valence-electron chi connectivity index (χ2n) is 12.3. The molecule has 0 unspecified atom stereocenters. The zero-order valence-electron chi connectivity index (χ0n) is 26.7. The summed E-state index contributed by atoms with van der Waals surface area (Å²) >= 11 is 12.2. The smallest absolute Gasteiger partial charge is 0.481 e.